The van der Waals surface area contributed by atoms with E-state index < -0.39 is 0 Å². The summed E-state index contributed by atoms with van der Waals surface area (Å²) >= 11 is 0. The lowest BCUT2D eigenvalue weighted by atomic mass is 10.0. The Morgan fingerprint density at radius 1 is 1.07 bits per heavy atom. The van der Waals surface area contributed by atoms with Crippen LogP contribution in [0.2, 0.25) is 0 Å². The molecular weight excluding hydrogens is 350 g/mol. The van der Waals surface area contributed by atoms with Crippen LogP contribution < -0.4 is 10.3 Å². The monoisotopic (exact) mass is 371 g/mol. The Morgan fingerprint density at radius 2 is 1.89 bits per heavy atom. The molecule has 2 aromatic heterocycles. The van der Waals surface area contributed by atoms with Gasteiger partial charge in [0, 0.05) is 23.6 Å². The first-order valence-corrected chi connectivity index (χ1v) is 9.58. The molecule has 0 bridgehead atoms. The Kier molecular flexibility index (Phi) is 4.05. The van der Waals surface area contributed by atoms with Gasteiger partial charge in [0.25, 0.3) is 5.56 Å². The van der Waals surface area contributed by atoms with Crippen LogP contribution in [-0.2, 0) is 6.54 Å². The summed E-state index contributed by atoms with van der Waals surface area (Å²) in [6.07, 6.45) is 4.29. The minimum absolute atomic E-state index is 0.0109. The second-order valence-electron chi connectivity index (χ2n) is 7.35. The third kappa shape index (κ3) is 3.01. The maximum atomic E-state index is 12.4. The van der Waals surface area contributed by atoms with Crippen molar-refractivity contribution in [2.45, 2.75) is 25.3 Å². The summed E-state index contributed by atoms with van der Waals surface area (Å²) in [5, 5.41) is 1.03. The van der Waals surface area contributed by atoms with E-state index in [4.69, 9.17) is 9.15 Å². The van der Waals surface area contributed by atoms with Gasteiger partial charge in [-0.05, 0) is 53.8 Å². The van der Waals surface area contributed by atoms with Gasteiger partial charge in [0.05, 0.1) is 13.7 Å². The molecule has 0 radical (unpaired) electrons. The summed E-state index contributed by atoms with van der Waals surface area (Å²) in [5.74, 6) is 2.29. The molecule has 0 saturated heterocycles. The van der Waals surface area contributed by atoms with Crippen molar-refractivity contribution in [3.63, 3.8) is 0 Å². The molecule has 0 atom stereocenters. The zero-order valence-electron chi connectivity index (χ0n) is 15.7. The number of furan rings is 1. The third-order valence-corrected chi connectivity index (χ3v) is 5.36. The molecule has 2 heterocycles. The van der Waals surface area contributed by atoms with Crippen LogP contribution in [0.25, 0.3) is 22.1 Å². The number of aromatic nitrogens is 1. The lowest BCUT2D eigenvalue weighted by Crippen LogP contribution is -2.19. The van der Waals surface area contributed by atoms with Crippen molar-refractivity contribution in [2.24, 2.45) is 0 Å². The minimum atomic E-state index is -0.0109. The van der Waals surface area contributed by atoms with Crippen molar-refractivity contribution < 1.29 is 9.15 Å². The Labute approximate surface area is 163 Å². The van der Waals surface area contributed by atoms with Crippen molar-refractivity contribution in [3.05, 3.63) is 88.5 Å². The summed E-state index contributed by atoms with van der Waals surface area (Å²) in [7, 11) is 1.66. The smallest absolute Gasteiger partial charge is 0.250 e. The third-order valence-electron chi connectivity index (χ3n) is 5.36. The number of nitrogens with zero attached hydrogens (tertiary/aromatic N) is 1. The molecule has 5 rings (SSSR count). The van der Waals surface area contributed by atoms with Crippen LogP contribution in [0.5, 0.6) is 5.75 Å². The highest BCUT2D eigenvalue weighted by Gasteiger charge is 2.28. The molecule has 4 aromatic rings. The molecule has 0 unspecified atom stereocenters. The number of hydrogen-bond acceptors (Lipinski definition) is 3. The topological polar surface area (TPSA) is 44.4 Å². The average molecular weight is 371 g/mol. The number of rotatable bonds is 5. The SMILES string of the molecule is COc1ccc(-c2ccc(=O)n(Cc3ccccc3)c2)c2cc(C3CC3)oc12. The molecule has 140 valence electrons. The zero-order chi connectivity index (χ0) is 19.1. The molecule has 1 aliphatic carbocycles. The highest BCUT2D eigenvalue weighted by molar-refractivity contribution is 5.97. The summed E-state index contributed by atoms with van der Waals surface area (Å²) in [6.45, 7) is 0.547. The molecule has 0 spiro atoms. The van der Waals surface area contributed by atoms with Crippen LogP contribution in [0.3, 0.4) is 0 Å². The van der Waals surface area contributed by atoms with Crippen LogP contribution in [0.15, 0.2) is 76.1 Å². The number of methoxy groups -OCH3 is 1. The lowest BCUT2D eigenvalue weighted by molar-refractivity contribution is 0.407. The van der Waals surface area contributed by atoms with Gasteiger partial charge in [0.15, 0.2) is 11.3 Å². The van der Waals surface area contributed by atoms with Gasteiger partial charge in [-0.15, -0.1) is 0 Å². The van der Waals surface area contributed by atoms with E-state index in [1.807, 2.05) is 54.7 Å². The molecule has 1 saturated carbocycles. The second kappa shape index (κ2) is 6.71. The number of ether oxygens (including phenoxy) is 1. The average Bonchev–Trinajstić information content (AvgIpc) is 3.48. The maximum absolute atomic E-state index is 12.4. The molecule has 28 heavy (non-hydrogen) atoms. The van der Waals surface area contributed by atoms with E-state index in [0.29, 0.717) is 12.5 Å². The first-order valence-electron chi connectivity index (χ1n) is 9.58. The second-order valence-corrected chi connectivity index (χ2v) is 7.35. The quantitative estimate of drug-likeness (QED) is 0.485. The number of benzene rings is 2. The summed E-state index contributed by atoms with van der Waals surface area (Å²) in [5.41, 5.74) is 3.91. The van der Waals surface area contributed by atoms with Gasteiger partial charge < -0.3 is 13.7 Å². The van der Waals surface area contributed by atoms with Gasteiger partial charge >= 0.3 is 0 Å². The van der Waals surface area contributed by atoms with Crippen molar-refractivity contribution in [1.29, 1.82) is 0 Å². The van der Waals surface area contributed by atoms with Gasteiger partial charge in [0.1, 0.15) is 5.76 Å². The highest BCUT2D eigenvalue weighted by Crippen LogP contribution is 2.45. The predicted molar refractivity (Wildman–Crippen MR) is 110 cm³/mol. The van der Waals surface area contributed by atoms with Crippen molar-refractivity contribution in [1.82, 2.24) is 4.57 Å². The molecule has 0 amide bonds. The molecule has 0 aliphatic heterocycles. The lowest BCUT2D eigenvalue weighted by Gasteiger charge is -2.10. The van der Waals surface area contributed by atoms with E-state index in [9.17, 15) is 4.79 Å². The van der Waals surface area contributed by atoms with E-state index >= 15 is 0 Å². The molecule has 1 aliphatic rings. The van der Waals surface area contributed by atoms with Crippen molar-refractivity contribution >= 4 is 11.0 Å². The summed E-state index contributed by atoms with van der Waals surface area (Å²) in [4.78, 5) is 12.4. The Balaban J connectivity index is 1.62. The molecule has 0 N–H and O–H groups in total. The zero-order valence-corrected chi connectivity index (χ0v) is 15.7. The maximum Gasteiger partial charge on any atom is 0.250 e. The van der Waals surface area contributed by atoms with Gasteiger partial charge in [-0.2, -0.15) is 0 Å². The molecule has 2 aromatic carbocycles. The summed E-state index contributed by atoms with van der Waals surface area (Å²) in [6, 6.07) is 19.6. The number of pyridine rings is 1. The highest BCUT2D eigenvalue weighted by atomic mass is 16.5. The minimum Gasteiger partial charge on any atom is -0.493 e. The van der Waals surface area contributed by atoms with Crippen LogP contribution in [0, 0.1) is 0 Å². The first-order chi connectivity index (χ1) is 13.7. The fourth-order valence-electron chi connectivity index (χ4n) is 3.69. The fraction of sp³-hybridized carbons (Fsp3) is 0.208. The van der Waals surface area contributed by atoms with Crippen LogP contribution >= 0.6 is 0 Å². The molecule has 1 fully saturated rings. The summed E-state index contributed by atoms with van der Waals surface area (Å²) < 4.78 is 13.4. The predicted octanol–water partition coefficient (Wildman–Crippen LogP) is 5.20. The van der Waals surface area contributed by atoms with Crippen molar-refractivity contribution in [3.8, 4) is 16.9 Å². The van der Waals surface area contributed by atoms with Gasteiger partial charge in [-0.3, -0.25) is 4.79 Å². The van der Waals surface area contributed by atoms with Crippen molar-refractivity contribution in [2.75, 3.05) is 7.11 Å². The van der Waals surface area contributed by atoms with E-state index in [0.717, 1.165) is 39.2 Å². The Bertz CT molecular complexity index is 1200. The molecule has 4 nitrogen and oxygen atoms in total. The van der Waals surface area contributed by atoms with Crippen LogP contribution in [0.4, 0.5) is 0 Å². The normalized spacial score (nSPS) is 13.8. The van der Waals surface area contributed by atoms with E-state index in [1.54, 1.807) is 17.7 Å². The van der Waals surface area contributed by atoms with E-state index in [-0.39, 0.29) is 5.56 Å². The van der Waals surface area contributed by atoms with Crippen LogP contribution in [0.1, 0.15) is 30.1 Å². The van der Waals surface area contributed by atoms with Gasteiger partial charge in [-0.25, -0.2) is 0 Å². The first kappa shape index (κ1) is 16.9. The van der Waals surface area contributed by atoms with E-state index in [1.165, 1.54) is 12.8 Å². The number of hydrogen-bond donors (Lipinski definition) is 0. The standard InChI is InChI=1S/C24H21NO3/c1-27-21-11-10-19(20-13-22(17-7-8-17)28-24(20)21)18-9-12-23(26)25(15-18)14-16-5-3-2-4-6-16/h2-6,9-13,15,17H,7-8,14H2,1H3. The molecular formula is C24H21NO3. The largest absolute Gasteiger partial charge is 0.493 e. The van der Waals surface area contributed by atoms with Crippen LogP contribution in [-0.4, -0.2) is 11.7 Å². The Morgan fingerprint density at radius 3 is 2.64 bits per heavy atom. The Hall–Kier alpha value is -3.27. The fourth-order valence-corrected chi connectivity index (χ4v) is 3.69. The number of fused-ring (bicyclic) bond motifs is 1. The van der Waals surface area contributed by atoms with Gasteiger partial charge in [0.2, 0.25) is 0 Å². The molecule has 4 heteroatoms. The van der Waals surface area contributed by atoms with E-state index in [2.05, 4.69) is 6.07 Å². The van der Waals surface area contributed by atoms with Gasteiger partial charge in [-0.1, -0.05) is 30.3 Å².